The molecule has 168 valence electrons. The molecule has 1 fully saturated rings. The number of piperazine rings is 1. The molecule has 1 amide bonds. The van der Waals surface area contributed by atoms with E-state index in [9.17, 15) is 35.6 Å². The first kappa shape index (κ1) is 22.9. The van der Waals surface area contributed by atoms with Gasteiger partial charge in [0.2, 0.25) is 0 Å². The minimum absolute atomic E-state index is 0.0420. The molecule has 0 unspecified atom stereocenters. The summed E-state index contributed by atoms with van der Waals surface area (Å²) in [6, 6.07) is 5.24. The van der Waals surface area contributed by atoms with Crippen molar-refractivity contribution in [1.82, 2.24) is 9.21 Å². The molecule has 0 atom stereocenters. The lowest BCUT2D eigenvalue weighted by molar-refractivity contribution is -0.136. The zero-order valence-corrected chi connectivity index (χ0v) is 17.1. The number of carbonyl (C=O) groups is 2. The summed E-state index contributed by atoms with van der Waals surface area (Å²) >= 11 is 0. The van der Waals surface area contributed by atoms with Crippen molar-refractivity contribution < 1.29 is 40.7 Å². The van der Waals surface area contributed by atoms with Crippen LogP contribution in [-0.2, 0) is 21.2 Å². The SMILES string of the molecule is Cc1c(CC(=O)O)cc2ccc(F)cc2c1C(=O)N1CCN(S(=O)(=O)C(F)(F)F)CC1. The van der Waals surface area contributed by atoms with Crippen LogP contribution < -0.4 is 0 Å². The Labute approximate surface area is 174 Å². The van der Waals surface area contributed by atoms with Crippen LogP contribution in [0.5, 0.6) is 0 Å². The van der Waals surface area contributed by atoms with Crippen LogP contribution in [0.2, 0.25) is 0 Å². The van der Waals surface area contributed by atoms with Gasteiger partial charge < -0.3 is 10.0 Å². The van der Waals surface area contributed by atoms with Crippen molar-refractivity contribution in [2.75, 3.05) is 26.2 Å². The number of halogens is 4. The molecule has 1 saturated heterocycles. The van der Waals surface area contributed by atoms with E-state index in [-0.39, 0.29) is 34.8 Å². The van der Waals surface area contributed by atoms with Gasteiger partial charge in [0.1, 0.15) is 5.82 Å². The van der Waals surface area contributed by atoms with Crippen LogP contribution in [0.3, 0.4) is 0 Å². The van der Waals surface area contributed by atoms with Crippen LogP contribution in [0, 0.1) is 12.7 Å². The topological polar surface area (TPSA) is 95.0 Å². The Morgan fingerprint density at radius 3 is 2.26 bits per heavy atom. The van der Waals surface area contributed by atoms with Crippen LogP contribution in [0.25, 0.3) is 10.8 Å². The third-order valence-electron chi connectivity index (χ3n) is 5.18. The number of carboxylic acids is 1. The van der Waals surface area contributed by atoms with E-state index in [1.165, 1.54) is 17.9 Å². The molecule has 2 aromatic rings. The van der Waals surface area contributed by atoms with Crippen LogP contribution in [-0.4, -0.2) is 66.3 Å². The molecule has 3 rings (SSSR count). The molecular weight excluding hydrogens is 444 g/mol. The molecule has 2 aromatic carbocycles. The molecule has 1 aliphatic heterocycles. The smallest absolute Gasteiger partial charge is 0.481 e. The molecule has 31 heavy (non-hydrogen) atoms. The van der Waals surface area contributed by atoms with Gasteiger partial charge in [-0.05, 0) is 41.0 Å². The molecule has 7 nitrogen and oxygen atoms in total. The molecule has 1 heterocycles. The molecule has 0 saturated carbocycles. The summed E-state index contributed by atoms with van der Waals surface area (Å²) in [6.07, 6.45) is -0.378. The van der Waals surface area contributed by atoms with Gasteiger partial charge >= 0.3 is 21.5 Å². The molecule has 0 radical (unpaired) electrons. The van der Waals surface area contributed by atoms with E-state index in [2.05, 4.69) is 0 Å². The van der Waals surface area contributed by atoms with E-state index >= 15 is 0 Å². The number of fused-ring (bicyclic) bond motifs is 1. The Bertz CT molecular complexity index is 1160. The molecule has 1 N–H and O–H groups in total. The van der Waals surface area contributed by atoms with Crippen LogP contribution in [0.4, 0.5) is 17.6 Å². The number of amides is 1. The van der Waals surface area contributed by atoms with Crippen molar-refractivity contribution in [2.24, 2.45) is 0 Å². The van der Waals surface area contributed by atoms with Crippen molar-refractivity contribution >= 4 is 32.7 Å². The first-order valence-electron chi connectivity index (χ1n) is 9.12. The van der Waals surface area contributed by atoms with Crippen molar-refractivity contribution in [3.63, 3.8) is 0 Å². The maximum Gasteiger partial charge on any atom is 0.511 e. The third kappa shape index (κ3) is 4.35. The molecule has 0 spiro atoms. The molecule has 1 aliphatic rings. The molecule has 0 bridgehead atoms. The van der Waals surface area contributed by atoms with Crippen LogP contribution in [0.15, 0.2) is 24.3 Å². The molecule has 12 heteroatoms. The average molecular weight is 462 g/mol. The zero-order valence-electron chi connectivity index (χ0n) is 16.2. The van der Waals surface area contributed by atoms with Crippen molar-refractivity contribution in [3.05, 3.63) is 46.8 Å². The van der Waals surface area contributed by atoms with Gasteiger partial charge in [0.15, 0.2) is 0 Å². The van der Waals surface area contributed by atoms with E-state index < -0.39 is 46.3 Å². The number of carboxylic acid groups (broad SMARTS) is 1. The van der Waals surface area contributed by atoms with Gasteiger partial charge in [0, 0.05) is 26.2 Å². The summed E-state index contributed by atoms with van der Waals surface area (Å²) in [5.74, 6) is -2.38. The fourth-order valence-corrected chi connectivity index (χ4v) is 4.52. The van der Waals surface area contributed by atoms with Crippen LogP contribution in [0.1, 0.15) is 21.5 Å². The second-order valence-corrected chi connectivity index (χ2v) is 9.04. The minimum atomic E-state index is -5.50. The molecule has 0 aromatic heterocycles. The summed E-state index contributed by atoms with van der Waals surface area (Å²) in [4.78, 5) is 25.6. The first-order valence-corrected chi connectivity index (χ1v) is 10.6. The summed E-state index contributed by atoms with van der Waals surface area (Å²) < 4.78 is 75.5. The Balaban J connectivity index is 1.97. The van der Waals surface area contributed by atoms with E-state index in [1.807, 2.05) is 0 Å². The number of hydrogen-bond donors (Lipinski definition) is 1. The summed E-state index contributed by atoms with van der Waals surface area (Å²) in [5.41, 5.74) is -4.74. The van der Waals surface area contributed by atoms with E-state index in [1.54, 1.807) is 6.07 Å². The highest BCUT2D eigenvalue weighted by Crippen LogP contribution is 2.30. The molecular formula is C19H18F4N2O5S. The predicted octanol–water partition coefficient (Wildman–Crippen LogP) is 2.52. The number of carbonyl (C=O) groups excluding carboxylic acids is 1. The van der Waals surface area contributed by atoms with Gasteiger partial charge in [-0.2, -0.15) is 17.5 Å². The summed E-state index contributed by atoms with van der Waals surface area (Å²) in [5, 5.41) is 9.82. The van der Waals surface area contributed by atoms with E-state index in [4.69, 9.17) is 5.11 Å². The first-order chi connectivity index (χ1) is 14.3. The third-order valence-corrected chi connectivity index (χ3v) is 6.81. The van der Waals surface area contributed by atoms with Gasteiger partial charge in [-0.25, -0.2) is 12.8 Å². The fourth-order valence-electron chi connectivity index (χ4n) is 3.59. The number of alkyl halides is 3. The number of benzene rings is 2. The van der Waals surface area contributed by atoms with Gasteiger partial charge in [-0.15, -0.1) is 0 Å². The summed E-state index contributed by atoms with van der Waals surface area (Å²) in [6.45, 7) is -0.178. The van der Waals surface area contributed by atoms with Crippen molar-refractivity contribution in [2.45, 2.75) is 18.9 Å². The van der Waals surface area contributed by atoms with E-state index in [0.717, 1.165) is 12.1 Å². The normalized spacial score (nSPS) is 16.0. The second-order valence-electron chi connectivity index (χ2n) is 7.11. The number of aliphatic carboxylic acids is 1. The quantitative estimate of drug-likeness (QED) is 0.705. The Morgan fingerprint density at radius 1 is 1.10 bits per heavy atom. The average Bonchev–Trinajstić information content (AvgIpc) is 2.67. The Morgan fingerprint density at radius 2 is 1.71 bits per heavy atom. The fraction of sp³-hybridized carbons (Fsp3) is 0.368. The Hall–Kier alpha value is -2.73. The lowest BCUT2D eigenvalue weighted by atomic mass is 9.92. The standard InChI is InChI=1S/C19H18F4N2O5S/c1-11-13(9-16(26)27)8-12-2-3-14(20)10-15(12)17(11)18(28)24-4-6-25(7-5-24)31(29,30)19(21,22)23/h2-3,8,10H,4-7,9H2,1H3,(H,26,27). The van der Waals surface area contributed by atoms with Crippen molar-refractivity contribution in [3.8, 4) is 0 Å². The number of sulfonamides is 1. The largest absolute Gasteiger partial charge is 0.511 e. The van der Waals surface area contributed by atoms with Gasteiger partial charge in [0.25, 0.3) is 5.91 Å². The van der Waals surface area contributed by atoms with Gasteiger partial charge in [-0.1, -0.05) is 12.1 Å². The van der Waals surface area contributed by atoms with Crippen LogP contribution >= 0.6 is 0 Å². The Kier molecular flexibility index (Phi) is 5.98. The number of nitrogens with zero attached hydrogens (tertiary/aromatic N) is 2. The zero-order chi connectivity index (χ0) is 23.1. The lowest BCUT2D eigenvalue weighted by Gasteiger charge is -2.34. The highest BCUT2D eigenvalue weighted by atomic mass is 32.2. The lowest BCUT2D eigenvalue weighted by Crippen LogP contribution is -2.53. The highest BCUT2D eigenvalue weighted by molar-refractivity contribution is 7.90. The number of rotatable bonds is 4. The maximum atomic E-state index is 13.9. The van der Waals surface area contributed by atoms with Gasteiger partial charge in [-0.3, -0.25) is 9.59 Å². The monoisotopic (exact) mass is 462 g/mol. The summed E-state index contributed by atoms with van der Waals surface area (Å²) in [7, 11) is -5.50. The van der Waals surface area contributed by atoms with Gasteiger partial charge in [0.05, 0.1) is 12.0 Å². The van der Waals surface area contributed by atoms with E-state index in [0.29, 0.717) is 16.5 Å². The minimum Gasteiger partial charge on any atom is -0.481 e. The second kappa shape index (κ2) is 8.08. The maximum absolute atomic E-state index is 13.9. The van der Waals surface area contributed by atoms with Crippen molar-refractivity contribution in [1.29, 1.82) is 0 Å². The highest BCUT2D eigenvalue weighted by Gasteiger charge is 2.50. The number of hydrogen-bond acceptors (Lipinski definition) is 4. The molecule has 0 aliphatic carbocycles. The predicted molar refractivity (Wildman–Crippen MR) is 102 cm³/mol.